The normalized spacial score (nSPS) is 28.0. The summed E-state index contributed by atoms with van der Waals surface area (Å²) < 4.78 is 29.2. The summed E-state index contributed by atoms with van der Waals surface area (Å²) >= 11 is 0. The van der Waals surface area contributed by atoms with Crippen molar-refractivity contribution < 1.29 is 22.9 Å². The Bertz CT molecular complexity index is 729. The van der Waals surface area contributed by atoms with Crippen LogP contribution in [0.5, 0.6) is 0 Å². The molecule has 0 radical (unpaired) electrons. The zero-order chi connectivity index (χ0) is 18.0. The molecule has 2 aliphatic rings. The van der Waals surface area contributed by atoms with E-state index >= 15 is 0 Å². The maximum absolute atomic E-state index is 10.8. The minimum absolute atomic E-state index is 0.0741. The third-order valence-electron chi connectivity index (χ3n) is 4.88. The second-order valence-electron chi connectivity index (χ2n) is 6.63. The quantitative estimate of drug-likeness (QED) is 0.565. The summed E-state index contributed by atoms with van der Waals surface area (Å²) in [6.45, 7) is 2.63. The molecule has 0 heterocycles. The third kappa shape index (κ3) is 4.03. The van der Waals surface area contributed by atoms with Crippen LogP contribution in [0.15, 0.2) is 46.9 Å². The van der Waals surface area contributed by atoms with E-state index < -0.39 is 16.1 Å². The van der Waals surface area contributed by atoms with Gasteiger partial charge in [-0.3, -0.25) is 9.35 Å². The van der Waals surface area contributed by atoms with Gasteiger partial charge < -0.3 is 10.8 Å². The molecule has 0 saturated heterocycles. The van der Waals surface area contributed by atoms with Crippen LogP contribution in [0, 0.1) is 17.3 Å². The Morgan fingerprint density at radius 2 is 1.96 bits per heavy atom. The molecule has 0 aliphatic heterocycles. The van der Waals surface area contributed by atoms with Crippen molar-refractivity contribution in [2.75, 3.05) is 6.54 Å². The van der Waals surface area contributed by atoms with Crippen LogP contribution in [0.4, 0.5) is 0 Å². The van der Waals surface area contributed by atoms with E-state index in [0.717, 1.165) is 12.8 Å². The Hall–Kier alpha value is -1.70. The lowest BCUT2D eigenvalue weighted by atomic mass is 9.53. The number of carboxylic acids is 1. The Labute approximate surface area is 142 Å². The van der Waals surface area contributed by atoms with Gasteiger partial charge >= 0.3 is 5.97 Å². The topological polar surface area (TPSA) is 118 Å². The highest BCUT2D eigenvalue weighted by Crippen LogP contribution is 2.59. The molecule has 0 aromatic heterocycles. The number of nitrogens with two attached hydrogens (primary N) is 1. The van der Waals surface area contributed by atoms with Crippen molar-refractivity contribution in [3.05, 3.63) is 42.0 Å². The number of allylic oxidation sites excluding steroid dienone is 2. The van der Waals surface area contributed by atoms with E-state index in [2.05, 4.69) is 13.0 Å². The smallest absolute Gasteiger partial charge is 0.303 e. The molecule has 2 aliphatic carbocycles. The number of rotatable bonds is 4. The Morgan fingerprint density at radius 3 is 2.38 bits per heavy atom. The Kier molecular flexibility index (Phi) is 5.47. The summed E-state index contributed by atoms with van der Waals surface area (Å²) in [4.78, 5) is 10.7. The first-order valence-electron chi connectivity index (χ1n) is 7.79. The van der Waals surface area contributed by atoms with Gasteiger partial charge in [0.1, 0.15) is 0 Å². The number of benzene rings is 1. The number of carboxylic acid groups (broad SMARTS) is 1. The van der Waals surface area contributed by atoms with Crippen molar-refractivity contribution in [3.63, 3.8) is 0 Å². The van der Waals surface area contributed by atoms with Gasteiger partial charge in [-0.05, 0) is 55.7 Å². The van der Waals surface area contributed by atoms with E-state index in [0.29, 0.717) is 18.4 Å². The highest BCUT2D eigenvalue weighted by molar-refractivity contribution is 7.85. The van der Waals surface area contributed by atoms with Crippen LogP contribution < -0.4 is 5.73 Å². The summed E-state index contributed by atoms with van der Waals surface area (Å²) in [5.41, 5.74) is 7.00. The predicted octanol–water partition coefficient (Wildman–Crippen LogP) is 2.33. The molecular formula is C17H23NO5S. The molecule has 3 rings (SSSR count). The highest BCUT2D eigenvalue weighted by Gasteiger charge is 2.54. The first-order valence-corrected chi connectivity index (χ1v) is 9.24. The molecule has 1 saturated carbocycles. The summed E-state index contributed by atoms with van der Waals surface area (Å²) in [7, 11) is -4.00. The molecule has 3 atom stereocenters. The van der Waals surface area contributed by atoms with Crippen LogP contribution in [0.2, 0.25) is 0 Å². The van der Waals surface area contributed by atoms with Crippen molar-refractivity contribution in [1.82, 2.24) is 0 Å². The maximum atomic E-state index is 10.8. The molecule has 24 heavy (non-hydrogen) atoms. The lowest BCUT2D eigenvalue weighted by molar-refractivity contribution is -0.144. The maximum Gasteiger partial charge on any atom is 0.303 e. The average molecular weight is 353 g/mol. The summed E-state index contributed by atoms with van der Waals surface area (Å²) in [6.07, 6.45) is 4.61. The molecule has 0 amide bonds. The standard InChI is InChI=1S/C11H17NO2.C6H6O3S/c1-7-2-8-4-11(6-12,5-10(13)14)9(8)3-7;7-10(8,9)6-4-2-1-3-5-6/h3,8-9H,2,4-6,12H2,1H3,(H,13,14);1-5H,(H,7,8,9)/t8-,9-,11-;/m1./s1. The van der Waals surface area contributed by atoms with Gasteiger partial charge in [-0.25, -0.2) is 0 Å². The molecule has 4 N–H and O–H groups in total. The number of carbonyl (C=O) groups is 1. The first-order chi connectivity index (χ1) is 11.2. The summed E-state index contributed by atoms with van der Waals surface area (Å²) in [6, 6.07) is 7.42. The number of fused-ring (bicyclic) bond motifs is 1. The van der Waals surface area contributed by atoms with Crippen molar-refractivity contribution in [1.29, 1.82) is 0 Å². The molecule has 0 spiro atoms. The average Bonchev–Trinajstić information content (AvgIpc) is 2.82. The zero-order valence-electron chi connectivity index (χ0n) is 13.6. The fourth-order valence-corrected chi connectivity index (χ4v) is 4.30. The van der Waals surface area contributed by atoms with Crippen LogP contribution in [-0.2, 0) is 14.9 Å². The van der Waals surface area contributed by atoms with Gasteiger partial charge in [0.25, 0.3) is 10.1 Å². The van der Waals surface area contributed by atoms with E-state index in [1.807, 2.05) is 0 Å². The summed E-state index contributed by atoms with van der Waals surface area (Å²) in [5, 5.41) is 8.85. The number of hydrogen-bond donors (Lipinski definition) is 3. The molecule has 0 bridgehead atoms. The minimum atomic E-state index is -4.00. The highest BCUT2D eigenvalue weighted by atomic mass is 32.2. The SMILES string of the molecule is CC1=C[C@@H]2[C@H](C1)C[C@]2(CN)CC(=O)O.O=S(=O)(O)c1ccccc1. The minimum Gasteiger partial charge on any atom is -0.481 e. The van der Waals surface area contributed by atoms with Crippen molar-refractivity contribution in [2.45, 2.75) is 31.1 Å². The second-order valence-corrected chi connectivity index (χ2v) is 8.05. The van der Waals surface area contributed by atoms with Crippen LogP contribution in [0.3, 0.4) is 0 Å². The van der Waals surface area contributed by atoms with E-state index in [9.17, 15) is 13.2 Å². The molecule has 1 aromatic rings. The van der Waals surface area contributed by atoms with Gasteiger partial charge in [0.05, 0.1) is 11.3 Å². The van der Waals surface area contributed by atoms with E-state index in [1.165, 1.54) is 17.7 Å². The number of aliphatic carboxylic acids is 1. The second kappa shape index (κ2) is 7.04. The van der Waals surface area contributed by atoms with Gasteiger partial charge in [0.15, 0.2) is 0 Å². The van der Waals surface area contributed by atoms with Gasteiger partial charge in [0, 0.05) is 0 Å². The van der Waals surface area contributed by atoms with Gasteiger partial charge in [-0.1, -0.05) is 29.8 Å². The fourth-order valence-electron chi connectivity index (χ4n) is 3.80. The largest absolute Gasteiger partial charge is 0.481 e. The van der Waals surface area contributed by atoms with Gasteiger partial charge in [0.2, 0.25) is 0 Å². The van der Waals surface area contributed by atoms with Gasteiger partial charge in [-0.2, -0.15) is 8.42 Å². The molecule has 1 fully saturated rings. The van der Waals surface area contributed by atoms with Crippen molar-refractivity contribution >= 4 is 16.1 Å². The molecule has 6 nitrogen and oxygen atoms in total. The molecule has 0 unspecified atom stereocenters. The molecule has 1 aromatic carbocycles. The fraction of sp³-hybridized carbons (Fsp3) is 0.471. The lowest BCUT2D eigenvalue weighted by Crippen LogP contribution is -2.51. The van der Waals surface area contributed by atoms with Crippen LogP contribution in [-0.4, -0.2) is 30.6 Å². The van der Waals surface area contributed by atoms with Crippen molar-refractivity contribution in [3.8, 4) is 0 Å². The Morgan fingerprint density at radius 1 is 1.33 bits per heavy atom. The monoisotopic (exact) mass is 353 g/mol. The third-order valence-corrected chi connectivity index (χ3v) is 5.75. The number of hydrogen-bond acceptors (Lipinski definition) is 4. The van der Waals surface area contributed by atoms with Gasteiger partial charge in [-0.15, -0.1) is 0 Å². The van der Waals surface area contributed by atoms with E-state index in [-0.39, 0.29) is 16.7 Å². The van der Waals surface area contributed by atoms with Crippen LogP contribution in [0.25, 0.3) is 0 Å². The van der Waals surface area contributed by atoms with Crippen LogP contribution in [0.1, 0.15) is 26.2 Å². The lowest BCUT2D eigenvalue weighted by Gasteiger charge is -2.51. The summed E-state index contributed by atoms with van der Waals surface area (Å²) in [5.74, 6) is 0.397. The van der Waals surface area contributed by atoms with Crippen molar-refractivity contribution in [2.24, 2.45) is 23.0 Å². The Balaban J connectivity index is 0.000000185. The predicted molar refractivity (Wildman–Crippen MR) is 90.0 cm³/mol. The van der Waals surface area contributed by atoms with E-state index in [1.54, 1.807) is 18.2 Å². The first kappa shape index (κ1) is 18.6. The molecule has 7 heteroatoms. The van der Waals surface area contributed by atoms with Crippen LogP contribution >= 0.6 is 0 Å². The van der Waals surface area contributed by atoms with E-state index in [4.69, 9.17) is 15.4 Å². The zero-order valence-corrected chi connectivity index (χ0v) is 14.4. The molecule has 132 valence electrons. The molecular weight excluding hydrogens is 330 g/mol.